The maximum atomic E-state index is 12.3. The van der Waals surface area contributed by atoms with Crippen LogP contribution in [0.4, 0.5) is 10.5 Å². The largest absolute Gasteiger partial charge is 0.444 e. The molecule has 2 saturated heterocycles. The fourth-order valence-corrected chi connectivity index (χ4v) is 4.39. The van der Waals surface area contributed by atoms with E-state index in [-0.39, 0.29) is 16.5 Å². The van der Waals surface area contributed by atoms with Crippen molar-refractivity contribution >= 4 is 21.6 Å². The van der Waals surface area contributed by atoms with Crippen LogP contribution in [0.2, 0.25) is 0 Å². The van der Waals surface area contributed by atoms with E-state index in [1.807, 2.05) is 31.7 Å². The summed E-state index contributed by atoms with van der Waals surface area (Å²) < 4.78 is 28.6. The predicted octanol–water partition coefficient (Wildman–Crippen LogP) is 2.71. The first-order chi connectivity index (χ1) is 12.5. The molecule has 1 spiro atoms. The minimum absolute atomic E-state index is 0.103. The van der Waals surface area contributed by atoms with E-state index >= 15 is 0 Å². The second kappa shape index (κ2) is 6.96. The first kappa shape index (κ1) is 19.9. The Hall–Kier alpha value is -1.83. The zero-order valence-electron chi connectivity index (χ0n) is 16.6. The number of rotatable bonds is 2. The summed E-state index contributed by atoms with van der Waals surface area (Å²) in [7, 11) is -3.28. The number of sulfone groups is 1. The SMILES string of the molecule is CC(C)(C)OC(=O)N1CCC2(CC1)CCN(c1ccc(S(C)(=O)=O)nc1)C2. The normalized spacial score (nSPS) is 20.1. The van der Waals surface area contributed by atoms with E-state index in [1.54, 1.807) is 12.3 Å². The van der Waals surface area contributed by atoms with E-state index in [0.717, 1.165) is 44.3 Å². The number of pyridine rings is 1. The minimum atomic E-state index is -3.28. The van der Waals surface area contributed by atoms with Crippen LogP contribution in [0.5, 0.6) is 0 Å². The molecule has 27 heavy (non-hydrogen) atoms. The van der Waals surface area contributed by atoms with Gasteiger partial charge in [-0.05, 0) is 57.6 Å². The molecule has 1 aromatic heterocycles. The molecule has 2 fully saturated rings. The zero-order chi connectivity index (χ0) is 19.9. The Morgan fingerprint density at radius 2 is 1.78 bits per heavy atom. The Morgan fingerprint density at radius 1 is 1.15 bits per heavy atom. The van der Waals surface area contributed by atoms with Crippen molar-refractivity contribution in [2.45, 2.75) is 50.7 Å². The van der Waals surface area contributed by atoms with Crippen LogP contribution in [0.15, 0.2) is 23.4 Å². The van der Waals surface area contributed by atoms with Gasteiger partial charge in [0.15, 0.2) is 14.9 Å². The van der Waals surface area contributed by atoms with E-state index in [0.29, 0.717) is 13.1 Å². The second-order valence-electron chi connectivity index (χ2n) is 8.77. The topological polar surface area (TPSA) is 79.8 Å². The van der Waals surface area contributed by atoms with Crippen molar-refractivity contribution in [1.29, 1.82) is 0 Å². The van der Waals surface area contributed by atoms with Gasteiger partial charge in [-0.3, -0.25) is 0 Å². The van der Waals surface area contributed by atoms with Crippen molar-refractivity contribution in [3.63, 3.8) is 0 Å². The molecule has 1 aromatic rings. The molecule has 150 valence electrons. The Bertz CT molecular complexity index is 791. The van der Waals surface area contributed by atoms with Crippen LogP contribution >= 0.6 is 0 Å². The number of likely N-dealkylation sites (tertiary alicyclic amines) is 1. The average molecular weight is 396 g/mol. The monoisotopic (exact) mass is 395 g/mol. The number of piperidine rings is 1. The molecular weight excluding hydrogens is 366 g/mol. The summed E-state index contributed by atoms with van der Waals surface area (Å²) in [6.45, 7) is 8.92. The third kappa shape index (κ3) is 4.72. The van der Waals surface area contributed by atoms with Crippen molar-refractivity contribution in [1.82, 2.24) is 9.88 Å². The summed E-state index contributed by atoms with van der Waals surface area (Å²) in [5.74, 6) is 0. The highest BCUT2D eigenvalue weighted by Gasteiger charge is 2.42. The van der Waals surface area contributed by atoms with E-state index in [9.17, 15) is 13.2 Å². The molecule has 0 atom stereocenters. The van der Waals surface area contributed by atoms with Gasteiger partial charge in [0.1, 0.15) is 5.60 Å². The van der Waals surface area contributed by atoms with Crippen molar-refractivity contribution in [2.75, 3.05) is 37.3 Å². The molecule has 0 aromatic carbocycles. The maximum Gasteiger partial charge on any atom is 0.410 e. The fourth-order valence-electron chi connectivity index (χ4n) is 3.83. The van der Waals surface area contributed by atoms with Crippen LogP contribution in [-0.4, -0.2) is 62.4 Å². The number of hydrogen-bond acceptors (Lipinski definition) is 6. The van der Waals surface area contributed by atoms with Gasteiger partial charge in [-0.2, -0.15) is 0 Å². The summed E-state index contributed by atoms with van der Waals surface area (Å²) in [5, 5.41) is 0.103. The molecule has 3 rings (SSSR count). The fraction of sp³-hybridized carbons (Fsp3) is 0.684. The highest BCUT2D eigenvalue weighted by atomic mass is 32.2. The zero-order valence-corrected chi connectivity index (χ0v) is 17.4. The number of anilines is 1. The molecule has 0 N–H and O–H groups in total. The van der Waals surface area contributed by atoms with Gasteiger partial charge < -0.3 is 14.5 Å². The average Bonchev–Trinajstić information content (AvgIpc) is 2.97. The lowest BCUT2D eigenvalue weighted by atomic mass is 9.78. The number of aromatic nitrogens is 1. The van der Waals surface area contributed by atoms with E-state index < -0.39 is 15.4 Å². The highest BCUT2D eigenvalue weighted by Crippen LogP contribution is 2.42. The van der Waals surface area contributed by atoms with Crippen LogP contribution in [0, 0.1) is 5.41 Å². The van der Waals surface area contributed by atoms with Gasteiger partial charge in [0.25, 0.3) is 0 Å². The second-order valence-corrected chi connectivity index (χ2v) is 10.7. The summed E-state index contributed by atoms with van der Waals surface area (Å²) in [6, 6.07) is 3.40. The molecule has 0 saturated carbocycles. The third-order valence-corrected chi connectivity index (χ3v) is 6.38. The van der Waals surface area contributed by atoms with E-state index in [4.69, 9.17) is 4.74 Å². The van der Waals surface area contributed by atoms with Gasteiger partial charge in [-0.25, -0.2) is 18.2 Å². The molecule has 8 heteroatoms. The number of carbonyl (C=O) groups excluding carboxylic acids is 1. The molecule has 2 aliphatic heterocycles. The Balaban J connectivity index is 1.59. The van der Waals surface area contributed by atoms with Gasteiger partial charge in [0.2, 0.25) is 0 Å². The van der Waals surface area contributed by atoms with E-state index in [1.165, 1.54) is 0 Å². The molecular formula is C19H29N3O4S. The number of amides is 1. The van der Waals surface area contributed by atoms with Crippen molar-refractivity contribution in [3.8, 4) is 0 Å². The predicted molar refractivity (Wildman–Crippen MR) is 104 cm³/mol. The molecule has 7 nitrogen and oxygen atoms in total. The lowest BCUT2D eigenvalue weighted by molar-refractivity contribution is 0.0122. The first-order valence-electron chi connectivity index (χ1n) is 9.37. The first-order valence-corrected chi connectivity index (χ1v) is 11.3. The van der Waals surface area contributed by atoms with Crippen LogP contribution in [-0.2, 0) is 14.6 Å². The number of hydrogen-bond donors (Lipinski definition) is 0. The lowest BCUT2D eigenvalue weighted by Crippen LogP contribution is -2.46. The third-order valence-electron chi connectivity index (χ3n) is 5.38. The molecule has 0 bridgehead atoms. The van der Waals surface area contributed by atoms with Crippen molar-refractivity contribution < 1.29 is 17.9 Å². The van der Waals surface area contributed by atoms with Gasteiger partial charge in [-0.1, -0.05) is 0 Å². The highest BCUT2D eigenvalue weighted by molar-refractivity contribution is 7.90. The quantitative estimate of drug-likeness (QED) is 0.766. The number of ether oxygens (including phenoxy) is 1. The summed E-state index contributed by atoms with van der Waals surface area (Å²) in [5.41, 5.74) is 0.684. The Kier molecular flexibility index (Phi) is 5.14. The molecule has 1 amide bonds. The molecule has 2 aliphatic rings. The number of nitrogens with zero attached hydrogens (tertiary/aromatic N) is 3. The van der Waals surface area contributed by atoms with Gasteiger partial charge in [0, 0.05) is 32.4 Å². The van der Waals surface area contributed by atoms with Crippen LogP contribution in [0.1, 0.15) is 40.0 Å². The van der Waals surface area contributed by atoms with Crippen LogP contribution in [0.25, 0.3) is 0 Å². The maximum absolute atomic E-state index is 12.3. The lowest BCUT2D eigenvalue weighted by Gasteiger charge is -2.39. The van der Waals surface area contributed by atoms with Crippen LogP contribution in [0.3, 0.4) is 0 Å². The molecule has 0 unspecified atom stereocenters. The van der Waals surface area contributed by atoms with Crippen LogP contribution < -0.4 is 4.90 Å². The summed E-state index contributed by atoms with van der Waals surface area (Å²) in [4.78, 5) is 20.4. The summed E-state index contributed by atoms with van der Waals surface area (Å²) in [6.07, 6.45) is 5.56. The van der Waals surface area contributed by atoms with E-state index in [2.05, 4.69) is 9.88 Å². The van der Waals surface area contributed by atoms with Crippen molar-refractivity contribution in [3.05, 3.63) is 18.3 Å². The minimum Gasteiger partial charge on any atom is -0.444 e. The van der Waals surface area contributed by atoms with Gasteiger partial charge in [0.05, 0.1) is 11.9 Å². The molecule has 3 heterocycles. The standard InChI is InChI=1S/C19H29N3O4S/c1-18(2,3)26-17(23)21-10-7-19(8-11-21)9-12-22(14-19)15-5-6-16(20-13-15)27(4,24)25/h5-6,13H,7-12,14H2,1-4H3. The molecule has 0 radical (unpaired) electrons. The Labute approximate surface area is 161 Å². The van der Waals surface area contributed by atoms with Crippen molar-refractivity contribution in [2.24, 2.45) is 5.41 Å². The number of carbonyl (C=O) groups is 1. The molecule has 0 aliphatic carbocycles. The Morgan fingerprint density at radius 3 is 2.30 bits per heavy atom. The van der Waals surface area contributed by atoms with Gasteiger partial charge >= 0.3 is 6.09 Å². The summed E-state index contributed by atoms with van der Waals surface area (Å²) >= 11 is 0. The van der Waals surface area contributed by atoms with Gasteiger partial charge in [-0.15, -0.1) is 0 Å². The smallest absolute Gasteiger partial charge is 0.410 e.